The van der Waals surface area contributed by atoms with E-state index in [0.29, 0.717) is 23.7 Å². The minimum atomic E-state index is -0.275. The number of anilines is 2. The molecule has 6 heteroatoms. The second-order valence-electron chi connectivity index (χ2n) is 3.38. The molecule has 0 amide bonds. The fourth-order valence-electron chi connectivity index (χ4n) is 1.34. The van der Waals surface area contributed by atoms with Gasteiger partial charge in [0.05, 0.1) is 0 Å². The van der Waals surface area contributed by atoms with E-state index in [1.165, 1.54) is 18.5 Å². The number of nitrogen functional groups attached to an aromatic ring is 1. The lowest BCUT2D eigenvalue weighted by atomic mass is 10.2. The SMILES string of the molecule is Nc1nccnc1NCc1cc(Br)ccc1F. The predicted octanol–water partition coefficient (Wildman–Crippen LogP) is 2.57. The summed E-state index contributed by atoms with van der Waals surface area (Å²) in [7, 11) is 0. The molecule has 2 aromatic rings. The van der Waals surface area contributed by atoms with Crippen LogP contribution in [0.5, 0.6) is 0 Å². The Morgan fingerprint density at radius 3 is 2.82 bits per heavy atom. The van der Waals surface area contributed by atoms with Crippen molar-refractivity contribution in [2.75, 3.05) is 11.1 Å². The molecule has 0 atom stereocenters. The molecular formula is C11H10BrFN4. The molecule has 0 unspecified atom stereocenters. The number of nitrogens with zero attached hydrogens (tertiary/aromatic N) is 2. The smallest absolute Gasteiger partial charge is 0.169 e. The van der Waals surface area contributed by atoms with E-state index in [-0.39, 0.29) is 5.82 Å². The first-order chi connectivity index (χ1) is 8.16. The first-order valence-electron chi connectivity index (χ1n) is 4.91. The first-order valence-corrected chi connectivity index (χ1v) is 5.70. The van der Waals surface area contributed by atoms with Gasteiger partial charge in [0.1, 0.15) is 5.82 Å². The van der Waals surface area contributed by atoms with Crippen molar-refractivity contribution in [2.24, 2.45) is 0 Å². The quantitative estimate of drug-likeness (QED) is 0.914. The van der Waals surface area contributed by atoms with Gasteiger partial charge >= 0.3 is 0 Å². The molecule has 3 N–H and O–H groups in total. The van der Waals surface area contributed by atoms with Crippen LogP contribution in [0.25, 0.3) is 0 Å². The summed E-state index contributed by atoms with van der Waals surface area (Å²) in [6.45, 7) is 0.300. The number of halogens is 2. The molecule has 0 bridgehead atoms. The van der Waals surface area contributed by atoms with E-state index in [0.717, 1.165) is 4.47 Å². The summed E-state index contributed by atoms with van der Waals surface area (Å²) in [5.74, 6) is 0.470. The highest BCUT2D eigenvalue weighted by atomic mass is 79.9. The molecule has 2 rings (SSSR count). The summed E-state index contributed by atoms with van der Waals surface area (Å²) >= 11 is 3.29. The van der Waals surface area contributed by atoms with Crippen LogP contribution in [0.2, 0.25) is 0 Å². The Labute approximate surface area is 106 Å². The van der Waals surface area contributed by atoms with Crippen LogP contribution >= 0.6 is 15.9 Å². The summed E-state index contributed by atoms with van der Waals surface area (Å²) in [4.78, 5) is 7.89. The molecule has 1 aromatic carbocycles. The van der Waals surface area contributed by atoms with Crippen molar-refractivity contribution >= 4 is 27.6 Å². The molecule has 17 heavy (non-hydrogen) atoms. The lowest BCUT2D eigenvalue weighted by Crippen LogP contribution is -2.06. The van der Waals surface area contributed by atoms with Crippen molar-refractivity contribution in [3.63, 3.8) is 0 Å². The van der Waals surface area contributed by atoms with E-state index in [1.807, 2.05) is 0 Å². The molecule has 1 heterocycles. The fraction of sp³-hybridized carbons (Fsp3) is 0.0909. The van der Waals surface area contributed by atoms with E-state index in [2.05, 4.69) is 31.2 Å². The maximum Gasteiger partial charge on any atom is 0.169 e. The maximum absolute atomic E-state index is 13.4. The normalized spacial score (nSPS) is 10.2. The largest absolute Gasteiger partial charge is 0.381 e. The number of nitrogens with two attached hydrogens (primary N) is 1. The van der Waals surface area contributed by atoms with Gasteiger partial charge in [-0.3, -0.25) is 0 Å². The van der Waals surface area contributed by atoms with Crippen molar-refractivity contribution in [3.05, 3.63) is 46.4 Å². The van der Waals surface area contributed by atoms with E-state index in [1.54, 1.807) is 12.1 Å². The Morgan fingerprint density at radius 2 is 2.06 bits per heavy atom. The average molecular weight is 297 g/mol. The maximum atomic E-state index is 13.4. The van der Waals surface area contributed by atoms with Gasteiger partial charge in [-0.1, -0.05) is 15.9 Å². The number of benzene rings is 1. The highest BCUT2D eigenvalue weighted by Crippen LogP contribution is 2.17. The zero-order chi connectivity index (χ0) is 12.3. The third kappa shape index (κ3) is 2.91. The van der Waals surface area contributed by atoms with Crippen LogP contribution in [0.1, 0.15) is 5.56 Å². The van der Waals surface area contributed by atoms with Crippen LogP contribution in [0, 0.1) is 5.82 Å². The summed E-state index contributed by atoms with van der Waals surface area (Å²) in [5, 5.41) is 2.94. The Hall–Kier alpha value is -1.69. The third-order valence-corrected chi connectivity index (χ3v) is 2.67. The van der Waals surface area contributed by atoms with Crippen LogP contribution in [-0.4, -0.2) is 9.97 Å². The molecule has 1 aromatic heterocycles. The lowest BCUT2D eigenvalue weighted by Gasteiger charge is -2.08. The fourth-order valence-corrected chi connectivity index (χ4v) is 1.75. The monoisotopic (exact) mass is 296 g/mol. The minimum Gasteiger partial charge on any atom is -0.381 e. The molecule has 0 saturated carbocycles. The number of hydrogen-bond acceptors (Lipinski definition) is 4. The Kier molecular flexibility index (Phi) is 3.53. The lowest BCUT2D eigenvalue weighted by molar-refractivity contribution is 0.612. The van der Waals surface area contributed by atoms with Crippen LogP contribution in [0.3, 0.4) is 0 Å². The van der Waals surface area contributed by atoms with Gasteiger partial charge in [-0.05, 0) is 18.2 Å². The summed E-state index contributed by atoms with van der Waals surface area (Å²) in [5.41, 5.74) is 6.15. The minimum absolute atomic E-state index is 0.275. The van der Waals surface area contributed by atoms with Gasteiger partial charge < -0.3 is 11.1 Å². The molecule has 0 radical (unpaired) electrons. The van der Waals surface area contributed by atoms with Crippen molar-refractivity contribution in [2.45, 2.75) is 6.54 Å². The molecule has 88 valence electrons. The van der Waals surface area contributed by atoms with Crippen LogP contribution in [0.15, 0.2) is 35.1 Å². The molecular weight excluding hydrogens is 287 g/mol. The number of aromatic nitrogens is 2. The molecule has 0 aliphatic heterocycles. The van der Waals surface area contributed by atoms with Gasteiger partial charge in [0.15, 0.2) is 11.6 Å². The highest BCUT2D eigenvalue weighted by molar-refractivity contribution is 9.10. The van der Waals surface area contributed by atoms with Gasteiger partial charge in [-0.25, -0.2) is 14.4 Å². The number of rotatable bonds is 3. The van der Waals surface area contributed by atoms with Gasteiger partial charge in [0.2, 0.25) is 0 Å². The molecule has 0 aliphatic carbocycles. The molecule has 4 nitrogen and oxygen atoms in total. The summed E-state index contributed by atoms with van der Waals surface area (Å²) in [6, 6.07) is 4.76. The average Bonchev–Trinajstić information content (AvgIpc) is 2.32. The van der Waals surface area contributed by atoms with Gasteiger partial charge in [-0.2, -0.15) is 0 Å². The standard InChI is InChI=1S/C11H10BrFN4/c12-8-1-2-9(13)7(5-8)6-17-11-10(14)15-3-4-16-11/h1-5H,6H2,(H2,14,15)(H,16,17). The Balaban J connectivity index is 2.12. The van der Waals surface area contributed by atoms with Gasteiger partial charge in [-0.15, -0.1) is 0 Å². The van der Waals surface area contributed by atoms with Crippen LogP contribution in [0.4, 0.5) is 16.0 Å². The second-order valence-corrected chi connectivity index (χ2v) is 4.30. The number of hydrogen-bond donors (Lipinski definition) is 2. The van der Waals surface area contributed by atoms with Crippen molar-refractivity contribution < 1.29 is 4.39 Å². The Bertz CT molecular complexity index is 533. The van der Waals surface area contributed by atoms with Gasteiger partial charge in [0.25, 0.3) is 0 Å². The molecule has 0 spiro atoms. The van der Waals surface area contributed by atoms with E-state index in [9.17, 15) is 4.39 Å². The second kappa shape index (κ2) is 5.09. The van der Waals surface area contributed by atoms with Crippen molar-refractivity contribution in [1.82, 2.24) is 9.97 Å². The molecule has 0 fully saturated rings. The molecule has 0 saturated heterocycles. The topological polar surface area (TPSA) is 63.8 Å². The van der Waals surface area contributed by atoms with Gasteiger partial charge in [0, 0.05) is 29.0 Å². The predicted molar refractivity (Wildman–Crippen MR) is 67.9 cm³/mol. The van der Waals surface area contributed by atoms with E-state index in [4.69, 9.17) is 5.73 Å². The molecule has 0 aliphatic rings. The zero-order valence-corrected chi connectivity index (χ0v) is 10.4. The first kappa shape index (κ1) is 11.8. The van der Waals surface area contributed by atoms with Crippen LogP contribution < -0.4 is 11.1 Å². The third-order valence-electron chi connectivity index (χ3n) is 2.18. The summed E-state index contributed by atoms with van der Waals surface area (Å²) < 4.78 is 14.3. The van der Waals surface area contributed by atoms with E-state index < -0.39 is 0 Å². The van der Waals surface area contributed by atoms with Crippen molar-refractivity contribution in [1.29, 1.82) is 0 Å². The van der Waals surface area contributed by atoms with E-state index >= 15 is 0 Å². The zero-order valence-electron chi connectivity index (χ0n) is 8.82. The van der Waals surface area contributed by atoms with Crippen LogP contribution in [-0.2, 0) is 6.54 Å². The number of nitrogens with one attached hydrogen (secondary N) is 1. The Morgan fingerprint density at radius 1 is 1.29 bits per heavy atom. The summed E-state index contributed by atoms with van der Waals surface area (Å²) in [6.07, 6.45) is 3.02. The van der Waals surface area contributed by atoms with Crippen molar-refractivity contribution in [3.8, 4) is 0 Å². The highest BCUT2D eigenvalue weighted by Gasteiger charge is 2.05.